The molecule has 2 aliphatic heterocycles. The van der Waals surface area contributed by atoms with Crippen molar-refractivity contribution in [2.75, 3.05) is 42.5 Å². The van der Waals surface area contributed by atoms with Crippen LogP contribution in [0.15, 0.2) is 45.9 Å². The molecule has 0 atom stereocenters. The summed E-state index contributed by atoms with van der Waals surface area (Å²) in [5, 5.41) is 0. The minimum absolute atomic E-state index is 0.0213. The number of anilines is 2. The number of aromatic nitrogens is 1. The molecule has 9 heteroatoms. The Labute approximate surface area is 173 Å². The molecular formula is C19H21BrN4O3S. The second-order valence-corrected chi connectivity index (χ2v) is 9.79. The van der Waals surface area contributed by atoms with E-state index in [-0.39, 0.29) is 5.91 Å². The van der Waals surface area contributed by atoms with Crippen molar-refractivity contribution in [2.45, 2.75) is 18.2 Å². The van der Waals surface area contributed by atoms with E-state index in [0.29, 0.717) is 44.0 Å². The van der Waals surface area contributed by atoms with E-state index in [4.69, 9.17) is 0 Å². The van der Waals surface area contributed by atoms with Crippen molar-refractivity contribution in [2.24, 2.45) is 0 Å². The second kappa shape index (κ2) is 7.46. The molecule has 0 N–H and O–H groups in total. The van der Waals surface area contributed by atoms with Gasteiger partial charge in [0.25, 0.3) is 0 Å². The van der Waals surface area contributed by atoms with E-state index in [1.807, 2.05) is 12.1 Å². The highest BCUT2D eigenvalue weighted by atomic mass is 79.9. The summed E-state index contributed by atoms with van der Waals surface area (Å²) >= 11 is 3.37. The molecule has 3 heterocycles. The number of nitrogens with zero attached hydrogens (tertiary/aromatic N) is 4. The van der Waals surface area contributed by atoms with Gasteiger partial charge >= 0.3 is 0 Å². The van der Waals surface area contributed by atoms with Gasteiger partial charge in [0, 0.05) is 56.0 Å². The summed E-state index contributed by atoms with van der Waals surface area (Å²) < 4.78 is 28.6. The molecule has 1 amide bonds. The Hall–Kier alpha value is -1.97. The van der Waals surface area contributed by atoms with E-state index in [0.717, 1.165) is 21.5 Å². The summed E-state index contributed by atoms with van der Waals surface area (Å²) in [6, 6.07) is 8.93. The van der Waals surface area contributed by atoms with Crippen LogP contribution in [0, 0.1) is 0 Å². The molecule has 1 aromatic heterocycles. The molecule has 0 bridgehead atoms. The molecule has 0 aliphatic carbocycles. The van der Waals surface area contributed by atoms with Crippen molar-refractivity contribution >= 4 is 43.4 Å². The van der Waals surface area contributed by atoms with Gasteiger partial charge in [-0.15, -0.1) is 0 Å². The maximum atomic E-state index is 13.1. The summed E-state index contributed by atoms with van der Waals surface area (Å²) in [6.07, 6.45) is 2.43. The molecule has 2 aromatic rings. The summed E-state index contributed by atoms with van der Waals surface area (Å²) in [5.74, 6) is 0.828. The first-order chi connectivity index (χ1) is 13.4. The number of fused-ring (bicyclic) bond motifs is 1. The molecule has 0 radical (unpaired) electrons. The highest BCUT2D eigenvalue weighted by molar-refractivity contribution is 9.10. The largest absolute Gasteiger partial charge is 0.354 e. The van der Waals surface area contributed by atoms with Crippen LogP contribution in [0.1, 0.15) is 12.5 Å². The van der Waals surface area contributed by atoms with Crippen LogP contribution in [-0.2, 0) is 21.2 Å². The lowest BCUT2D eigenvalue weighted by Crippen LogP contribution is -2.48. The van der Waals surface area contributed by atoms with Crippen molar-refractivity contribution in [3.05, 3.63) is 46.6 Å². The normalized spacial score (nSPS) is 17.6. The quantitative estimate of drug-likeness (QED) is 0.696. The molecule has 0 spiro atoms. The molecule has 1 fully saturated rings. The Balaban J connectivity index is 1.49. The number of hydrogen-bond acceptors (Lipinski definition) is 5. The average molecular weight is 465 g/mol. The van der Waals surface area contributed by atoms with Crippen LogP contribution in [0.2, 0.25) is 0 Å². The van der Waals surface area contributed by atoms with Gasteiger partial charge in [-0.25, -0.2) is 13.4 Å². The summed E-state index contributed by atoms with van der Waals surface area (Å²) in [7, 11) is -3.56. The zero-order chi connectivity index (χ0) is 19.9. The number of hydrogen-bond donors (Lipinski definition) is 0. The van der Waals surface area contributed by atoms with Crippen molar-refractivity contribution in [1.29, 1.82) is 0 Å². The lowest BCUT2D eigenvalue weighted by atomic mass is 10.2. The Morgan fingerprint density at radius 3 is 2.46 bits per heavy atom. The highest BCUT2D eigenvalue weighted by Crippen LogP contribution is 2.31. The third-order valence-electron chi connectivity index (χ3n) is 5.24. The SMILES string of the molecule is CC(=O)N1CCc2cc(S(=O)(=O)N3CCN(c4ccc(Br)cn4)CC3)ccc21. The van der Waals surface area contributed by atoms with Crippen LogP contribution in [-0.4, -0.2) is 56.3 Å². The Bertz CT molecular complexity index is 1000. The fourth-order valence-corrected chi connectivity index (χ4v) is 5.44. The van der Waals surface area contributed by atoms with Crippen LogP contribution >= 0.6 is 15.9 Å². The molecule has 1 aromatic carbocycles. The van der Waals surface area contributed by atoms with Crippen LogP contribution in [0.4, 0.5) is 11.5 Å². The zero-order valence-corrected chi connectivity index (χ0v) is 17.9. The highest BCUT2D eigenvalue weighted by Gasteiger charge is 2.31. The van der Waals surface area contributed by atoms with Gasteiger partial charge < -0.3 is 9.80 Å². The van der Waals surface area contributed by atoms with E-state index in [1.54, 1.807) is 29.3 Å². The third kappa shape index (κ3) is 3.54. The monoisotopic (exact) mass is 464 g/mol. The zero-order valence-electron chi connectivity index (χ0n) is 15.5. The number of halogens is 1. The number of amides is 1. The van der Waals surface area contributed by atoms with Gasteiger partial charge in [0.15, 0.2) is 0 Å². The smallest absolute Gasteiger partial charge is 0.243 e. The van der Waals surface area contributed by atoms with Crippen LogP contribution in [0.25, 0.3) is 0 Å². The van der Waals surface area contributed by atoms with Crippen molar-refractivity contribution < 1.29 is 13.2 Å². The summed E-state index contributed by atoms with van der Waals surface area (Å²) in [5.41, 5.74) is 1.73. The van der Waals surface area contributed by atoms with Gasteiger partial charge in [-0.3, -0.25) is 4.79 Å². The minimum atomic E-state index is -3.56. The number of carbonyl (C=O) groups is 1. The standard InChI is InChI=1S/C19H21BrN4O3S/c1-14(25)24-7-6-15-12-17(3-4-18(15)24)28(26,27)23-10-8-22(9-11-23)19-5-2-16(20)13-21-19/h2-5,12-13H,6-11H2,1H3. The van der Waals surface area contributed by atoms with Crippen LogP contribution < -0.4 is 9.80 Å². The number of sulfonamides is 1. The lowest BCUT2D eigenvalue weighted by Gasteiger charge is -2.34. The Morgan fingerprint density at radius 1 is 1.07 bits per heavy atom. The maximum Gasteiger partial charge on any atom is 0.243 e. The fourth-order valence-electron chi connectivity index (χ4n) is 3.73. The van der Waals surface area contributed by atoms with E-state index < -0.39 is 10.0 Å². The Morgan fingerprint density at radius 2 is 1.82 bits per heavy atom. The third-order valence-corrected chi connectivity index (χ3v) is 7.60. The van der Waals surface area contributed by atoms with Gasteiger partial charge in [-0.05, 0) is 58.2 Å². The molecule has 1 saturated heterocycles. The van der Waals surface area contributed by atoms with E-state index in [1.165, 1.54) is 11.2 Å². The van der Waals surface area contributed by atoms with Gasteiger partial charge in [-0.2, -0.15) is 4.31 Å². The molecular weight excluding hydrogens is 444 g/mol. The maximum absolute atomic E-state index is 13.1. The summed E-state index contributed by atoms with van der Waals surface area (Å²) in [6.45, 7) is 4.15. The predicted octanol–water partition coefficient (Wildman–Crippen LogP) is 2.26. The number of rotatable bonds is 3. The van der Waals surface area contributed by atoms with E-state index in [2.05, 4.69) is 25.8 Å². The van der Waals surface area contributed by atoms with Crippen molar-refractivity contribution in [1.82, 2.24) is 9.29 Å². The van der Waals surface area contributed by atoms with Crippen molar-refractivity contribution in [3.8, 4) is 0 Å². The topological polar surface area (TPSA) is 73.8 Å². The molecule has 0 saturated carbocycles. The molecule has 4 rings (SSSR count). The van der Waals surface area contributed by atoms with Gasteiger partial charge in [0.2, 0.25) is 15.9 Å². The molecule has 148 valence electrons. The van der Waals surface area contributed by atoms with Gasteiger partial charge in [0.1, 0.15) is 5.82 Å². The minimum Gasteiger partial charge on any atom is -0.354 e. The number of piperazine rings is 1. The van der Waals surface area contributed by atoms with E-state index in [9.17, 15) is 13.2 Å². The molecule has 2 aliphatic rings. The number of pyridine rings is 1. The fraction of sp³-hybridized carbons (Fsp3) is 0.368. The average Bonchev–Trinajstić information content (AvgIpc) is 3.12. The van der Waals surface area contributed by atoms with Crippen LogP contribution in [0.5, 0.6) is 0 Å². The second-order valence-electron chi connectivity index (χ2n) is 6.94. The first-order valence-corrected chi connectivity index (χ1v) is 11.4. The van der Waals surface area contributed by atoms with Crippen molar-refractivity contribution in [3.63, 3.8) is 0 Å². The lowest BCUT2D eigenvalue weighted by molar-refractivity contribution is -0.116. The number of benzene rings is 1. The molecule has 7 nitrogen and oxygen atoms in total. The molecule has 28 heavy (non-hydrogen) atoms. The van der Waals surface area contributed by atoms with Gasteiger partial charge in [0.05, 0.1) is 4.90 Å². The Kier molecular flexibility index (Phi) is 5.15. The number of carbonyl (C=O) groups excluding carboxylic acids is 1. The van der Waals surface area contributed by atoms with Crippen LogP contribution in [0.3, 0.4) is 0 Å². The molecule has 0 unspecified atom stereocenters. The predicted molar refractivity (Wildman–Crippen MR) is 111 cm³/mol. The summed E-state index contributed by atoms with van der Waals surface area (Å²) in [4.78, 5) is 20.2. The first-order valence-electron chi connectivity index (χ1n) is 9.14. The van der Waals surface area contributed by atoms with E-state index >= 15 is 0 Å². The van der Waals surface area contributed by atoms with Gasteiger partial charge in [-0.1, -0.05) is 0 Å². The first kappa shape index (κ1) is 19.4.